The molecule has 5 heteroatoms. The molecule has 0 unspecified atom stereocenters. The summed E-state index contributed by atoms with van der Waals surface area (Å²) in [5, 5.41) is 2.90. The monoisotopic (exact) mass is 349 g/mol. The van der Waals surface area contributed by atoms with Crippen LogP contribution in [-0.4, -0.2) is 28.6 Å². The Morgan fingerprint density at radius 3 is 2.69 bits per heavy atom. The molecular weight excluding hydrogens is 326 g/mol. The predicted molar refractivity (Wildman–Crippen MR) is 102 cm³/mol. The van der Waals surface area contributed by atoms with E-state index in [0.717, 1.165) is 35.7 Å². The average molecular weight is 349 g/mol. The number of hydrogen-bond donors (Lipinski definition) is 1. The maximum absolute atomic E-state index is 11.9. The Bertz CT molecular complexity index is 843. The Balaban J connectivity index is 1.41. The van der Waals surface area contributed by atoms with Gasteiger partial charge in [-0.15, -0.1) is 0 Å². The van der Waals surface area contributed by atoms with Gasteiger partial charge in [0.05, 0.1) is 0 Å². The number of aromatic nitrogens is 2. The van der Waals surface area contributed by atoms with Crippen LogP contribution >= 0.6 is 0 Å². The van der Waals surface area contributed by atoms with Crippen molar-refractivity contribution in [3.05, 3.63) is 72.6 Å². The van der Waals surface area contributed by atoms with Crippen LogP contribution in [0, 0.1) is 6.92 Å². The van der Waals surface area contributed by atoms with Gasteiger partial charge >= 0.3 is 0 Å². The van der Waals surface area contributed by atoms with Gasteiger partial charge in [-0.3, -0.25) is 4.79 Å². The van der Waals surface area contributed by atoms with Crippen LogP contribution in [0.5, 0.6) is 5.75 Å². The van der Waals surface area contributed by atoms with E-state index in [1.54, 1.807) is 6.20 Å². The number of para-hydroxylation sites is 1. The third-order valence-corrected chi connectivity index (χ3v) is 4.10. The van der Waals surface area contributed by atoms with E-state index in [2.05, 4.69) is 14.9 Å². The first-order valence-corrected chi connectivity index (χ1v) is 8.76. The van der Waals surface area contributed by atoms with Crippen molar-refractivity contribution in [3.63, 3.8) is 0 Å². The largest absolute Gasteiger partial charge is 0.484 e. The summed E-state index contributed by atoms with van der Waals surface area (Å²) >= 11 is 0. The Hall–Kier alpha value is -3.08. The molecule has 134 valence electrons. The molecule has 3 aromatic rings. The summed E-state index contributed by atoms with van der Waals surface area (Å²) in [5.74, 6) is 1.58. The number of amides is 1. The van der Waals surface area contributed by atoms with Crippen LogP contribution < -0.4 is 10.1 Å². The summed E-state index contributed by atoms with van der Waals surface area (Å²) < 4.78 is 7.65. The number of imidazole rings is 1. The maximum atomic E-state index is 11.9. The second-order valence-electron chi connectivity index (χ2n) is 6.07. The Morgan fingerprint density at radius 2 is 1.88 bits per heavy atom. The molecule has 5 nitrogen and oxygen atoms in total. The van der Waals surface area contributed by atoms with Crippen LogP contribution in [0.25, 0.3) is 11.4 Å². The van der Waals surface area contributed by atoms with Crippen molar-refractivity contribution in [2.24, 2.45) is 0 Å². The molecule has 3 rings (SSSR count). The lowest BCUT2D eigenvalue weighted by atomic mass is 10.2. The highest BCUT2D eigenvalue weighted by Gasteiger charge is 2.06. The summed E-state index contributed by atoms with van der Waals surface area (Å²) in [5.41, 5.74) is 2.11. The molecule has 0 saturated carbocycles. The summed E-state index contributed by atoms with van der Waals surface area (Å²) in [6, 6.07) is 17.8. The SMILES string of the molecule is Cc1ccccc1OCC(=O)NCCCn1ccnc1-c1ccccc1. The molecule has 1 amide bonds. The number of benzene rings is 2. The van der Waals surface area contributed by atoms with Gasteiger partial charge in [0.1, 0.15) is 11.6 Å². The van der Waals surface area contributed by atoms with E-state index in [4.69, 9.17) is 4.74 Å². The standard InChI is InChI=1S/C21H23N3O2/c1-17-8-5-6-11-19(17)26-16-20(25)22-12-7-14-24-15-13-23-21(24)18-9-3-2-4-10-18/h2-6,8-11,13,15H,7,12,14,16H2,1H3,(H,22,25). The second kappa shape index (κ2) is 8.85. The lowest BCUT2D eigenvalue weighted by Gasteiger charge is -2.10. The molecular formula is C21H23N3O2. The van der Waals surface area contributed by atoms with Gasteiger partial charge in [0, 0.05) is 31.0 Å². The summed E-state index contributed by atoms with van der Waals surface area (Å²) in [7, 11) is 0. The van der Waals surface area contributed by atoms with Gasteiger partial charge in [0.25, 0.3) is 5.91 Å². The van der Waals surface area contributed by atoms with Crippen molar-refractivity contribution in [2.75, 3.05) is 13.2 Å². The first-order chi connectivity index (χ1) is 12.7. The number of hydrogen-bond acceptors (Lipinski definition) is 3. The minimum atomic E-state index is -0.109. The second-order valence-corrected chi connectivity index (χ2v) is 6.07. The fourth-order valence-electron chi connectivity index (χ4n) is 2.73. The van der Waals surface area contributed by atoms with Crippen molar-refractivity contribution >= 4 is 5.91 Å². The van der Waals surface area contributed by atoms with Crippen molar-refractivity contribution in [1.29, 1.82) is 0 Å². The molecule has 0 spiro atoms. The van der Waals surface area contributed by atoms with E-state index in [1.165, 1.54) is 0 Å². The highest BCUT2D eigenvalue weighted by molar-refractivity contribution is 5.77. The average Bonchev–Trinajstić information content (AvgIpc) is 3.14. The van der Waals surface area contributed by atoms with Crippen LogP contribution in [0.1, 0.15) is 12.0 Å². The van der Waals surface area contributed by atoms with Gasteiger partial charge < -0.3 is 14.6 Å². The number of aryl methyl sites for hydroxylation is 2. The van der Waals surface area contributed by atoms with E-state index in [0.29, 0.717) is 6.54 Å². The summed E-state index contributed by atoms with van der Waals surface area (Å²) in [6.45, 7) is 3.39. The van der Waals surface area contributed by atoms with E-state index < -0.39 is 0 Å². The molecule has 0 aliphatic carbocycles. The quantitative estimate of drug-likeness (QED) is 0.634. The maximum Gasteiger partial charge on any atom is 0.257 e. The third-order valence-electron chi connectivity index (χ3n) is 4.10. The van der Waals surface area contributed by atoms with Crippen LogP contribution in [-0.2, 0) is 11.3 Å². The van der Waals surface area contributed by atoms with Crippen LogP contribution in [0.2, 0.25) is 0 Å². The molecule has 0 radical (unpaired) electrons. The molecule has 26 heavy (non-hydrogen) atoms. The van der Waals surface area contributed by atoms with E-state index in [1.807, 2.05) is 67.7 Å². The van der Waals surface area contributed by atoms with Crippen LogP contribution in [0.3, 0.4) is 0 Å². The number of nitrogens with one attached hydrogen (secondary N) is 1. The molecule has 0 saturated heterocycles. The summed E-state index contributed by atoms with van der Waals surface area (Å²) in [4.78, 5) is 16.3. The Kier molecular flexibility index (Phi) is 6.04. The minimum absolute atomic E-state index is 0.0329. The van der Waals surface area contributed by atoms with Crippen molar-refractivity contribution in [1.82, 2.24) is 14.9 Å². The minimum Gasteiger partial charge on any atom is -0.484 e. The normalized spacial score (nSPS) is 10.5. The first-order valence-electron chi connectivity index (χ1n) is 8.76. The first kappa shape index (κ1) is 17.7. The molecule has 2 aromatic carbocycles. The number of carbonyl (C=O) groups excluding carboxylic acids is 1. The van der Waals surface area contributed by atoms with E-state index >= 15 is 0 Å². The van der Waals surface area contributed by atoms with E-state index in [-0.39, 0.29) is 12.5 Å². The van der Waals surface area contributed by atoms with E-state index in [9.17, 15) is 4.79 Å². The van der Waals surface area contributed by atoms with Crippen molar-refractivity contribution in [3.8, 4) is 17.1 Å². The Labute approximate surface area is 153 Å². The molecule has 0 aliphatic rings. The molecule has 1 aromatic heterocycles. The van der Waals surface area contributed by atoms with Gasteiger partial charge in [0.2, 0.25) is 0 Å². The smallest absolute Gasteiger partial charge is 0.257 e. The fraction of sp³-hybridized carbons (Fsp3) is 0.238. The zero-order valence-corrected chi connectivity index (χ0v) is 14.9. The topological polar surface area (TPSA) is 56.1 Å². The highest BCUT2D eigenvalue weighted by Crippen LogP contribution is 2.17. The van der Waals surface area contributed by atoms with Crippen LogP contribution in [0.4, 0.5) is 0 Å². The fourth-order valence-corrected chi connectivity index (χ4v) is 2.73. The lowest BCUT2D eigenvalue weighted by molar-refractivity contribution is -0.123. The van der Waals surface area contributed by atoms with Gasteiger partial charge in [-0.2, -0.15) is 0 Å². The summed E-state index contributed by atoms with van der Waals surface area (Å²) in [6.07, 6.45) is 4.59. The number of carbonyl (C=O) groups is 1. The molecule has 1 heterocycles. The predicted octanol–water partition coefficient (Wildman–Crippen LogP) is 3.44. The van der Waals surface area contributed by atoms with Crippen molar-refractivity contribution < 1.29 is 9.53 Å². The molecule has 0 fully saturated rings. The zero-order chi connectivity index (χ0) is 18.2. The molecule has 0 atom stereocenters. The molecule has 0 bridgehead atoms. The number of rotatable bonds is 8. The third kappa shape index (κ3) is 4.72. The number of nitrogens with zero attached hydrogens (tertiary/aromatic N) is 2. The van der Waals surface area contributed by atoms with Gasteiger partial charge in [-0.25, -0.2) is 4.98 Å². The molecule has 1 N–H and O–H groups in total. The van der Waals surface area contributed by atoms with Crippen LogP contribution in [0.15, 0.2) is 67.0 Å². The van der Waals surface area contributed by atoms with Gasteiger partial charge in [-0.05, 0) is 25.0 Å². The molecule has 0 aliphatic heterocycles. The number of ether oxygens (including phenoxy) is 1. The van der Waals surface area contributed by atoms with Crippen molar-refractivity contribution in [2.45, 2.75) is 19.9 Å². The highest BCUT2D eigenvalue weighted by atomic mass is 16.5. The van der Waals surface area contributed by atoms with Gasteiger partial charge in [0.15, 0.2) is 6.61 Å². The lowest BCUT2D eigenvalue weighted by Crippen LogP contribution is -2.30. The Morgan fingerprint density at radius 1 is 1.12 bits per heavy atom. The zero-order valence-electron chi connectivity index (χ0n) is 14.9. The van der Waals surface area contributed by atoms with Gasteiger partial charge in [-0.1, -0.05) is 48.5 Å².